The average Bonchev–Trinajstić information content (AvgIpc) is 1.69. The van der Waals surface area contributed by atoms with Crippen molar-refractivity contribution in [3.05, 3.63) is 6.54 Å². The fourth-order valence-electron chi connectivity index (χ4n) is 0.787. The zero-order valence-electron chi connectivity index (χ0n) is 4.43. The molecule has 7 heavy (non-hydrogen) atoms. The topological polar surface area (TPSA) is 29.3 Å². The highest BCUT2D eigenvalue weighted by molar-refractivity contribution is 4.68. The van der Waals surface area contributed by atoms with Crippen molar-refractivity contribution in [1.82, 2.24) is 5.01 Å². The van der Waals surface area contributed by atoms with E-state index in [0.29, 0.717) is 0 Å². The monoisotopic (exact) mass is 99.1 g/mol. The van der Waals surface area contributed by atoms with Gasteiger partial charge in [-0.3, -0.25) is 5.84 Å². The van der Waals surface area contributed by atoms with E-state index in [2.05, 4.69) is 0 Å². The lowest BCUT2D eigenvalue weighted by molar-refractivity contribution is 0.291. The molecule has 0 aromatic carbocycles. The van der Waals surface area contributed by atoms with Gasteiger partial charge in [-0.2, -0.15) is 0 Å². The minimum absolute atomic E-state index is 1.04. The number of hydrazine groups is 1. The van der Waals surface area contributed by atoms with Gasteiger partial charge in [0.15, 0.2) is 0 Å². The van der Waals surface area contributed by atoms with Gasteiger partial charge in [-0.25, -0.2) is 5.01 Å². The minimum Gasteiger partial charge on any atom is -0.268 e. The third kappa shape index (κ3) is 1.45. The molecule has 1 radical (unpaired) electrons. The van der Waals surface area contributed by atoms with Gasteiger partial charge < -0.3 is 0 Å². The van der Waals surface area contributed by atoms with Crippen LogP contribution < -0.4 is 5.84 Å². The van der Waals surface area contributed by atoms with Crippen molar-refractivity contribution in [3.63, 3.8) is 0 Å². The summed E-state index contributed by atoms with van der Waals surface area (Å²) in [5.41, 5.74) is 0. The predicted molar refractivity (Wildman–Crippen MR) is 29.0 cm³/mol. The molecule has 0 bridgehead atoms. The molecule has 2 heteroatoms. The average molecular weight is 99.2 g/mol. The van der Waals surface area contributed by atoms with E-state index in [1.165, 1.54) is 12.8 Å². The van der Waals surface area contributed by atoms with Crippen molar-refractivity contribution in [2.45, 2.75) is 19.3 Å². The molecule has 2 N–H and O–H groups in total. The predicted octanol–water partition coefficient (Wildman–Crippen LogP) is 0.508. The molecule has 1 aliphatic heterocycles. The van der Waals surface area contributed by atoms with Crippen LogP contribution in [0.15, 0.2) is 0 Å². The molecule has 0 aliphatic carbocycles. The normalized spacial score (nSPS) is 25.3. The Kier molecular flexibility index (Phi) is 1.65. The molecular weight excluding hydrogens is 88.1 g/mol. The fraction of sp³-hybridized carbons (Fsp3) is 0.800. The first-order valence-corrected chi connectivity index (χ1v) is 2.74. The van der Waals surface area contributed by atoms with Crippen LogP contribution in [0.3, 0.4) is 0 Å². The Labute approximate surface area is 44.3 Å². The second-order valence-corrected chi connectivity index (χ2v) is 1.92. The van der Waals surface area contributed by atoms with Gasteiger partial charge >= 0.3 is 0 Å². The molecule has 1 aliphatic rings. The Morgan fingerprint density at radius 2 is 2.29 bits per heavy atom. The first-order valence-electron chi connectivity index (χ1n) is 2.74. The first kappa shape index (κ1) is 5.06. The van der Waals surface area contributed by atoms with Crippen molar-refractivity contribution < 1.29 is 0 Å². The second-order valence-electron chi connectivity index (χ2n) is 1.92. The summed E-state index contributed by atoms with van der Waals surface area (Å²) in [6.45, 7) is 3.09. The van der Waals surface area contributed by atoms with Crippen molar-refractivity contribution in [3.8, 4) is 0 Å². The van der Waals surface area contributed by atoms with Gasteiger partial charge in [0.2, 0.25) is 0 Å². The lowest BCUT2D eigenvalue weighted by atomic mass is 10.2. The zero-order chi connectivity index (χ0) is 5.11. The van der Waals surface area contributed by atoms with Crippen LogP contribution in [0.4, 0.5) is 0 Å². The van der Waals surface area contributed by atoms with Crippen LogP contribution in [0.1, 0.15) is 19.3 Å². The maximum atomic E-state index is 5.41. The molecule has 41 valence electrons. The van der Waals surface area contributed by atoms with Crippen LogP contribution in [0.25, 0.3) is 0 Å². The number of rotatable bonds is 0. The third-order valence-electron chi connectivity index (χ3n) is 1.23. The molecule has 0 spiro atoms. The Bertz CT molecular complexity index is 48.0. The summed E-state index contributed by atoms with van der Waals surface area (Å²) >= 11 is 0. The van der Waals surface area contributed by atoms with Gasteiger partial charge in [0.05, 0.1) is 0 Å². The van der Waals surface area contributed by atoms with Gasteiger partial charge in [0.1, 0.15) is 0 Å². The van der Waals surface area contributed by atoms with E-state index >= 15 is 0 Å². The lowest BCUT2D eigenvalue weighted by Gasteiger charge is -2.19. The van der Waals surface area contributed by atoms with Crippen molar-refractivity contribution in [2.75, 3.05) is 6.54 Å². The highest BCUT2D eigenvalue weighted by Crippen LogP contribution is 2.07. The molecule has 0 amide bonds. The smallest absolute Gasteiger partial charge is 0.0410 e. The summed E-state index contributed by atoms with van der Waals surface area (Å²) in [6, 6.07) is 0. The van der Waals surface area contributed by atoms with E-state index in [1.54, 1.807) is 5.01 Å². The SMILES string of the molecule is NN1[CH]CCCC1. The summed E-state index contributed by atoms with van der Waals surface area (Å²) in [5.74, 6) is 5.41. The number of nitrogens with zero attached hydrogens (tertiary/aromatic N) is 1. The number of hydrogen-bond donors (Lipinski definition) is 1. The zero-order valence-corrected chi connectivity index (χ0v) is 4.43. The Morgan fingerprint density at radius 3 is 2.57 bits per heavy atom. The summed E-state index contributed by atoms with van der Waals surface area (Å²) < 4.78 is 0. The van der Waals surface area contributed by atoms with Crippen molar-refractivity contribution in [2.24, 2.45) is 5.84 Å². The van der Waals surface area contributed by atoms with E-state index in [4.69, 9.17) is 5.84 Å². The fourth-order valence-corrected chi connectivity index (χ4v) is 0.787. The summed E-state index contributed by atoms with van der Waals surface area (Å²) in [7, 11) is 0. The van der Waals surface area contributed by atoms with E-state index < -0.39 is 0 Å². The van der Waals surface area contributed by atoms with Crippen LogP contribution in [-0.2, 0) is 0 Å². The van der Waals surface area contributed by atoms with Gasteiger partial charge in [-0.05, 0) is 12.8 Å². The molecule has 2 nitrogen and oxygen atoms in total. The number of nitrogens with two attached hydrogens (primary N) is 1. The van der Waals surface area contributed by atoms with Crippen LogP contribution in [-0.4, -0.2) is 11.6 Å². The molecule has 1 rings (SSSR count). The first-order chi connectivity index (χ1) is 3.39. The standard InChI is InChI=1S/C5H11N2/c6-7-4-2-1-3-5-7/h4H,1-3,5-6H2. The Morgan fingerprint density at radius 1 is 1.43 bits per heavy atom. The molecule has 0 atom stereocenters. The maximum Gasteiger partial charge on any atom is 0.0410 e. The van der Waals surface area contributed by atoms with E-state index in [9.17, 15) is 0 Å². The Hall–Kier alpha value is -0.0800. The van der Waals surface area contributed by atoms with Crippen molar-refractivity contribution in [1.29, 1.82) is 0 Å². The second kappa shape index (κ2) is 2.28. The molecule has 0 saturated carbocycles. The van der Waals surface area contributed by atoms with E-state index in [-0.39, 0.29) is 0 Å². The molecule has 0 unspecified atom stereocenters. The lowest BCUT2D eigenvalue weighted by Crippen LogP contribution is -2.31. The quantitative estimate of drug-likeness (QED) is 0.448. The number of piperidine rings is 1. The molecule has 1 saturated heterocycles. The van der Waals surface area contributed by atoms with Gasteiger partial charge in [0, 0.05) is 13.1 Å². The molecular formula is C5H11N2. The van der Waals surface area contributed by atoms with Crippen LogP contribution in [0.2, 0.25) is 0 Å². The molecule has 0 aromatic rings. The van der Waals surface area contributed by atoms with E-state index in [1.807, 2.05) is 6.54 Å². The number of hydrogen-bond acceptors (Lipinski definition) is 2. The third-order valence-corrected chi connectivity index (χ3v) is 1.23. The molecule has 1 fully saturated rings. The maximum absolute atomic E-state index is 5.41. The van der Waals surface area contributed by atoms with Gasteiger partial charge in [-0.1, -0.05) is 6.42 Å². The van der Waals surface area contributed by atoms with Gasteiger partial charge in [0.25, 0.3) is 0 Å². The van der Waals surface area contributed by atoms with Gasteiger partial charge in [-0.15, -0.1) is 0 Å². The minimum atomic E-state index is 1.04. The van der Waals surface area contributed by atoms with Crippen LogP contribution in [0.5, 0.6) is 0 Å². The van der Waals surface area contributed by atoms with Crippen molar-refractivity contribution >= 4 is 0 Å². The molecule has 1 heterocycles. The Balaban J connectivity index is 2.12. The summed E-state index contributed by atoms with van der Waals surface area (Å²) in [4.78, 5) is 0. The van der Waals surface area contributed by atoms with Crippen LogP contribution in [0, 0.1) is 6.54 Å². The summed E-state index contributed by atoms with van der Waals surface area (Å²) in [5, 5.41) is 1.77. The van der Waals surface area contributed by atoms with E-state index in [0.717, 1.165) is 13.0 Å². The highest BCUT2D eigenvalue weighted by atomic mass is 15.4. The highest BCUT2D eigenvalue weighted by Gasteiger charge is 2.03. The largest absolute Gasteiger partial charge is 0.268 e. The summed E-state index contributed by atoms with van der Waals surface area (Å²) in [6.07, 6.45) is 3.73. The molecule has 0 aromatic heterocycles. The van der Waals surface area contributed by atoms with Crippen LogP contribution >= 0.6 is 0 Å².